The Kier molecular flexibility index (Phi) is 7.97. The molecule has 10 nitrogen and oxygen atoms in total. The van der Waals surface area contributed by atoms with Gasteiger partial charge in [-0.1, -0.05) is 30.3 Å². The number of carbonyl (C=O) groups is 3. The summed E-state index contributed by atoms with van der Waals surface area (Å²) in [6.45, 7) is 0.775. The number of carbonyl (C=O) groups excluding carboxylic acids is 3. The van der Waals surface area contributed by atoms with Crippen molar-refractivity contribution in [3.05, 3.63) is 71.9 Å². The highest BCUT2D eigenvalue weighted by Crippen LogP contribution is 2.22. The molecule has 0 aliphatic carbocycles. The first-order valence-electron chi connectivity index (χ1n) is 10.3. The average Bonchev–Trinajstić information content (AvgIpc) is 3.25. The van der Waals surface area contributed by atoms with Crippen LogP contribution in [0.15, 0.2) is 60.8 Å². The molecule has 0 saturated carbocycles. The van der Waals surface area contributed by atoms with Gasteiger partial charge >= 0.3 is 5.97 Å². The SMILES string of the molecule is COc1ccc(C(CC(=O)OCC(=O)Nc2c(C#N)cnn2-c2ccccc2)NC(C)=O)cc1. The van der Waals surface area contributed by atoms with Gasteiger partial charge in [-0.3, -0.25) is 14.4 Å². The minimum Gasteiger partial charge on any atom is -0.497 e. The van der Waals surface area contributed by atoms with Gasteiger partial charge in [-0.05, 0) is 29.8 Å². The lowest BCUT2D eigenvalue weighted by Gasteiger charge is -2.18. The van der Waals surface area contributed by atoms with E-state index in [0.29, 0.717) is 17.0 Å². The van der Waals surface area contributed by atoms with Crippen LogP contribution in [-0.4, -0.2) is 41.3 Å². The fraction of sp³-hybridized carbons (Fsp3) is 0.208. The highest BCUT2D eigenvalue weighted by molar-refractivity contribution is 5.93. The summed E-state index contributed by atoms with van der Waals surface area (Å²) in [7, 11) is 1.54. The molecule has 0 radical (unpaired) electrons. The Balaban J connectivity index is 1.63. The number of esters is 1. The Labute approximate surface area is 196 Å². The van der Waals surface area contributed by atoms with E-state index in [-0.39, 0.29) is 23.7 Å². The summed E-state index contributed by atoms with van der Waals surface area (Å²) in [6, 6.07) is 17.2. The highest BCUT2D eigenvalue weighted by Gasteiger charge is 2.20. The lowest BCUT2D eigenvalue weighted by molar-refractivity contribution is -0.148. The van der Waals surface area contributed by atoms with Crippen molar-refractivity contribution in [1.29, 1.82) is 5.26 Å². The monoisotopic (exact) mass is 461 g/mol. The van der Waals surface area contributed by atoms with Crippen LogP contribution >= 0.6 is 0 Å². The Morgan fingerprint density at radius 3 is 2.44 bits per heavy atom. The van der Waals surface area contributed by atoms with E-state index in [9.17, 15) is 19.6 Å². The Morgan fingerprint density at radius 1 is 1.12 bits per heavy atom. The zero-order valence-corrected chi connectivity index (χ0v) is 18.6. The Hall–Kier alpha value is -4.65. The molecule has 1 aromatic heterocycles. The minimum absolute atomic E-state index is 0.161. The first kappa shape index (κ1) is 24.0. The molecule has 34 heavy (non-hydrogen) atoms. The summed E-state index contributed by atoms with van der Waals surface area (Å²) in [5.74, 6) is -0.824. The van der Waals surface area contributed by atoms with Crippen LogP contribution in [0.5, 0.6) is 5.75 Å². The molecule has 1 unspecified atom stereocenters. The second-order valence-corrected chi connectivity index (χ2v) is 7.21. The minimum atomic E-state index is -0.679. The lowest BCUT2D eigenvalue weighted by atomic mass is 10.0. The van der Waals surface area contributed by atoms with Gasteiger partial charge in [0.25, 0.3) is 5.91 Å². The van der Waals surface area contributed by atoms with Crippen LogP contribution < -0.4 is 15.4 Å². The summed E-state index contributed by atoms with van der Waals surface area (Å²) < 4.78 is 11.6. The molecule has 2 aromatic carbocycles. The molecule has 0 saturated heterocycles. The van der Waals surface area contributed by atoms with Crippen molar-refractivity contribution in [1.82, 2.24) is 15.1 Å². The van der Waals surface area contributed by atoms with Gasteiger partial charge in [-0.2, -0.15) is 10.4 Å². The van der Waals surface area contributed by atoms with Gasteiger partial charge in [0.05, 0.1) is 31.5 Å². The number of hydrogen-bond donors (Lipinski definition) is 2. The molecule has 3 rings (SSSR count). The van der Waals surface area contributed by atoms with E-state index in [4.69, 9.17) is 9.47 Å². The third-order valence-corrected chi connectivity index (χ3v) is 4.78. The van der Waals surface area contributed by atoms with Crippen LogP contribution in [0.2, 0.25) is 0 Å². The van der Waals surface area contributed by atoms with Crippen molar-refractivity contribution in [2.24, 2.45) is 0 Å². The third-order valence-electron chi connectivity index (χ3n) is 4.78. The van der Waals surface area contributed by atoms with Gasteiger partial charge in [-0.25, -0.2) is 4.68 Å². The molecule has 0 bridgehead atoms. The van der Waals surface area contributed by atoms with Gasteiger partial charge in [0.15, 0.2) is 12.4 Å². The van der Waals surface area contributed by atoms with Crippen molar-refractivity contribution in [2.45, 2.75) is 19.4 Å². The summed E-state index contributed by atoms with van der Waals surface area (Å²) in [4.78, 5) is 36.4. The van der Waals surface area contributed by atoms with E-state index in [1.165, 1.54) is 24.9 Å². The smallest absolute Gasteiger partial charge is 0.308 e. The molecule has 2 N–H and O–H groups in total. The number of amides is 2. The fourth-order valence-electron chi connectivity index (χ4n) is 3.19. The van der Waals surface area contributed by atoms with Crippen LogP contribution in [0.3, 0.4) is 0 Å². The molecule has 174 valence electrons. The van der Waals surface area contributed by atoms with Crippen molar-refractivity contribution >= 4 is 23.6 Å². The van der Waals surface area contributed by atoms with E-state index in [1.807, 2.05) is 12.1 Å². The molecule has 0 aliphatic rings. The third kappa shape index (κ3) is 6.20. The zero-order chi connectivity index (χ0) is 24.5. The maximum absolute atomic E-state index is 12.4. The van der Waals surface area contributed by atoms with E-state index in [1.54, 1.807) is 48.5 Å². The molecule has 0 fully saturated rings. The number of rotatable bonds is 9. The topological polar surface area (TPSA) is 135 Å². The van der Waals surface area contributed by atoms with Crippen LogP contribution in [0.25, 0.3) is 5.69 Å². The molecule has 10 heteroatoms. The van der Waals surface area contributed by atoms with Crippen LogP contribution in [0.4, 0.5) is 5.82 Å². The number of anilines is 1. The Bertz CT molecular complexity index is 1200. The second-order valence-electron chi connectivity index (χ2n) is 7.21. The van der Waals surface area contributed by atoms with Crippen LogP contribution in [0, 0.1) is 11.3 Å². The van der Waals surface area contributed by atoms with Gasteiger partial charge in [0.2, 0.25) is 5.91 Å². The van der Waals surface area contributed by atoms with E-state index in [2.05, 4.69) is 15.7 Å². The Morgan fingerprint density at radius 2 is 1.82 bits per heavy atom. The van der Waals surface area contributed by atoms with E-state index < -0.39 is 24.5 Å². The molecular formula is C24H23N5O5. The number of nitriles is 1. The maximum Gasteiger partial charge on any atom is 0.308 e. The predicted octanol–water partition coefficient (Wildman–Crippen LogP) is 2.50. The number of nitrogens with one attached hydrogen (secondary N) is 2. The number of benzene rings is 2. The first-order valence-corrected chi connectivity index (χ1v) is 10.3. The van der Waals surface area contributed by atoms with Gasteiger partial charge in [0, 0.05) is 6.92 Å². The number of nitrogens with zero attached hydrogens (tertiary/aromatic N) is 3. The summed E-state index contributed by atoms with van der Waals surface area (Å²) in [5.41, 5.74) is 1.49. The predicted molar refractivity (Wildman–Crippen MR) is 122 cm³/mol. The largest absolute Gasteiger partial charge is 0.497 e. The first-order chi connectivity index (χ1) is 16.4. The molecule has 1 heterocycles. The van der Waals surface area contributed by atoms with Crippen molar-refractivity contribution in [3.8, 4) is 17.5 Å². The lowest BCUT2D eigenvalue weighted by Crippen LogP contribution is -2.29. The maximum atomic E-state index is 12.4. The van der Waals surface area contributed by atoms with E-state index in [0.717, 1.165) is 0 Å². The van der Waals surface area contributed by atoms with Crippen molar-refractivity contribution in [2.75, 3.05) is 19.0 Å². The molecule has 0 spiro atoms. The number of hydrogen-bond acceptors (Lipinski definition) is 7. The number of para-hydroxylation sites is 1. The number of ether oxygens (including phenoxy) is 2. The van der Waals surface area contributed by atoms with Crippen molar-refractivity contribution in [3.63, 3.8) is 0 Å². The zero-order valence-electron chi connectivity index (χ0n) is 18.6. The van der Waals surface area contributed by atoms with Gasteiger partial charge in [0.1, 0.15) is 17.4 Å². The van der Waals surface area contributed by atoms with E-state index >= 15 is 0 Å². The summed E-state index contributed by atoms with van der Waals surface area (Å²) >= 11 is 0. The molecule has 3 aromatic rings. The van der Waals surface area contributed by atoms with Gasteiger partial charge in [-0.15, -0.1) is 0 Å². The molecule has 1 atom stereocenters. The molecular weight excluding hydrogens is 438 g/mol. The number of methoxy groups -OCH3 is 1. The normalized spacial score (nSPS) is 11.1. The highest BCUT2D eigenvalue weighted by atomic mass is 16.5. The quantitative estimate of drug-likeness (QED) is 0.467. The van der Waals surface area contributed by atoms with Gasteiger partial charge < -0.3 is 20.1 Å². The van der Waals surface area contributed by atoms with Crippen LogP contribution in [0.1, 0.15) is 30.5 Å². The summed E-state index contributed by atoms with van der Waals surface area (Å²) in [5, 5.41) is 18.8. The van der Waals surface area contributed by atoms with Crippen LogP contribution in [-0.2, 0) is 19.1 Å². The molecule has 2 amide bonds. The molecule has 0 aliphatic heterocycles. The number of aromatic nitrogens is 2. The van der Waals surface area contributed by atoms with Crippen molar-refractivity contribution < 1.29 is 23.9 Å². The standard InChI is InChI=1S/C24H23N5O5/c1-16(30)27-21(17-8-10-20(33-2)11-9-17)12-23(32)34-15-22(31)28-24-18(13-25)14-26-29(24)19-6-4-3-5-7-19/h3-11,14,21H,12,15H2,1-2H3,(H,27,30)(H,28,31). The fourth-order valence-corrected chi connectivity index (χ4v) is 3.19. The summed E-state index contributed by atoms with van der Waals surface area (Å²) in [6.07, 6.45) is 1.16. The average molecular weight is 461 g/mol. The second kappa shape index (κ2) is 11.3.